The van der Waals surface area contributed by atoms with Crippen molar-refractivity contribution >= 4 is 21.6 Å². The van der Waals surface area contributed by atoms with E-state index in [0.717, 1.165) is 30.4 Å². The van der Waals surface area contributed by atoms with E-state index in [9.17, 15) is 13.2 Å². The van der Waals surface area contributed by atoms with Crippen LogP contribution in [0, 0.1) is 13.8 Å². The lowest BCUT2D eigenvalue weighted by molar-refractivity contribution is 0.102. The Balaban J connectivity index is 1.90. The average molecular weight is 376 g/mol. The van der Waals surface area contributed by atoms with Crippen LogP contribution in [-0.2, 0) is 17.1 Å². The molecule has 0 aliphatic carbocycles. The van der Waals surface area contributed by atoms with Crippen LogP contribution in [0.5, 0.6) is 0 Å². The van der Waals surface area contributed by atoms with Crippen molar-refractivity contribution < 1.29 is 13.2 Å². The number of nitrogens with one attached hydrogen (secondary N) is 1. The highest BCUT2D eigenvalue weighted by Gasteiger charge is 2.33. The second kappa shape index (κ2) is 7.20. The molecule has 26 heavy (non-hydrogen) atoms. The molecule has 0 saturated carbocycles. The largest absolute Gasteiger partial charge is 0.322 e. The van der Waals surface area contributed by atoms with E-state index in [1.165, 1.54) is 15.2 Å². The summed E-state index contributed by atoms with van der Waals surface area (Å²) in [5, 5.41) is 6.68. The first-order chi connectivity index (χ1) is 12.3. The summed E-state index contributed by atoms with van der Waals surface area (Å²) in [6.07, 6.45) is 4.13. The molecule has 3 rings (SSSR count). The molecule has 1 N–H and O–H groups in total. The Morgan fingerprint density at radius 2 is 1.81 bits per heavy atom. The molecule has 0 radical (unpaired) electrons. The Hall–Kier alpha value is -2.19. The maximum absolute atomic E-state index is 12.9. The molecule has 0 unspecified atom stereocenters. The van der Waals surface area contributed by atoms with Crippen LogP contribution >= 0.6 is 0 Å². The number of benzene rings is 1. The number of sulfonamides is 1. The van der Waals surface area contributed by atoms with Crippen LogP contribution in [0.4, 0.5) is 5.69 Å². The number of nitrogens with zero attached hydrogens (tertiary/aromatic N) is 3. The van der Waals surface area contributed by atoms with Gasteiger partial charge >= 0.3 is 0 Å². The van der Waals surface area contributed by atoms with Gasteiger partial charge in [-0.15, -0.1) is 0 Å². The second-order valence-electron chi connectivity index (χ2n) is 6.74. The number of carbonyl (C=O) groups excluding carboxylic acids is 1. The molecule has 1 amide bonds. The molecule has 1 saturated heterocycles. The van der Waals surface area contributed by atoms with Crippen LogP contribution in [0.3, 0.4) is 0 Å². The molecule has 1 aliphatic heterocycles. The fourth-order valence-corrected chi connectivity index (χ4v) is 4.70. The lowest BCUT2D eigenvalue weighted by atomic mass is 10.1. The van der Waals surface area contributed by atoms with E-state index in [4.69, 9.17) is 0 Å². The standard InChI is InChI=1S/C18H24N4O3S/c1-13-7-8-15(11-14(13)2)19-17(23)16-12-21(3)20-18(16)26(24,25)22-9-5-4-6-10-22/h7-8,11-12H,4-6,9-10H2,1-3H3,(H,19,23). The lowest BCUT2D eigenvalue weighted by Gasteiger charge is -2.25. The number of hydrogen-bond donors (Lipinski definition) is 1. The van der Waals surface area contributed by atoms with Gasteiger partial charge in [-0.2, -0.15) is 9.40 Å². The van der Waals surface area contributed by atoms with E-state index in [1.807, 2.05) is 26.0 Å². The van der Waals surface area contributed by atoms with Gasteiger partial charge in [0.2, 0.25) is 5.03 Å². The fraction of sp³-hybridized carbons (Fsp3) is 0.444. The highest BCUT2D eigenvalue weighted by Crippen LogP contribution is 2.23. The topological polar surface area (TPSA) is 84.3 Å². The van der Waals surface area contributed by atoms with Gasteiger partial charge < -0.3 is 5.32 Å². The van der Waals surface area contributed by atoms with Crippen LogP contribution in [0.2, 0.25) is 0 Å². The lowest BCUT2D eigenvalue weighted by Crippen LogP contribution is -2.36. The SMILES string of the molecule is Cc1ccc(NC(=O)c2cn(C)nc2S(=O)(=O)N2CCCCC2)cc1C. The van der Waals surface area contributed by atoms with Crippen LogP contribution in [0.15, 0.2) is 29.4 Å². The normalized spacial score (nSPS) is 15.8. The first-order valence-corrected chi connectivity index (χ1v) is 10.2. The number of rotatable bonds is 4. The molecule has 0 atom stereocenters. The number of carbonyl (C=O) groups is 1. The molecule has 0 spiro atoms. The van der Waals surface area contributed by atoms with Crippen molar-refractivity contribution in [3.05, 3.63) is 41.1 Å². The third-order valence-corrected chi connectivity index (χ3v) is 6.54. The fourth-order valence-electron chi connectivity index (χ4n) is 3.06. The summed E-state index contributed by atoms with van der Waals surface area (Å²) in [6, 6.07) is 5.58. The minimum Gasteiger partial charge on any atom is -0.322 e. The van der Waals surface area contributed by atoms with Gasteiger partial charge in [0.1, 0.15) is 0 Å². The second-order valence-corrected chi connectivity index (χ2v) is 8.59. The summed E-state index contributed by atoms with van der Waals surface area (Å²) in [4.78, 5) is 12.7. The van der Waals surface area contributed by atoms with Gasteiger partial charge in [-0.1, -0.05) is 12.5 Å². The smallest absolute Gasteiger partial charge is 0.263 e. The van der Waals surface area contributed by atoms with E-state index >= 15 is 0 Å². The van der Waals surface area contributed by atoms with Crippen LogP contribution in [-0.4, -0.2) is 41.5 Å². The zero-order valence-electron chi connectivity index (χ0n) is 15.3. The summed E-state index contributed by atoms with van der Waals surface area (Å²) in [7, 11) is -2.17. The molecule has 1 aromatic heterocycles. The molecule has 1 aromatic carbocycles. The molecule has 140 valence electrons. The molecule has 1 aliphatic rings. The van der Waals surface area contributed by atoms with Crippen LogP contribution in [0.1, 0.15) is 40.7 Å². The minimum atomic E-state index is -3.78. The average Bonchev–Trinajstić information content (AvgIpc) is 3.02. The summed E-state index contributed by atoms with van der Waals surface area (Å²) in [6.45, 7) is 4.89. The first kappa shape index (κ1) is 18.6. The van der Waals surface area contributed by atoms with Crippen molar-refractivity contribution in [1.29, 1.82) is 0 Å². The number of aryl methyl sites for hydroxylation is 3. The van der Waals surface area contributed by atoms with Gasteiger partial charge in [0, 0.05) is 32.0 Å². The number of hydrogen-bond acceptors (Lipinski definition) is 4. The third kappa shape index (κ3) is 3.66. The maximum Gasteiger partial charge on any atom is 0.263 e. The van der Waals surface area contributed by atoms with E-state index in [2.05, 4.69) is 10.4 Å². The Bertz CT molecular complexity index is 928. The molecular weight excluding hydrogens is 352 g/mol. The Kier molecular flexibility index (Phi) is 5.15. The van der Waals surface area contributed by atoms with E-state index < -0.39 is 15.9 Å². The predicted molar refractivity (Wildman–Crippen MR) is 99.7 cm³/mol. The van der Waals surface area contributed by atoms with E-state index in [-0.39, 0.29) is 10.6 Å². The zero-order valence-corrected chi connectivity index (χ0v) is 16.1. The quantitative estimate of drug-likeness (QED) is 0.888. The minimum absolute atomic E-state index is 0.0660. The highest BCUT2D eigenvalue weighted by molar-refractivity contribution is 7.89. The molecule has 2 aromatic rings. The van der Waals surface area contributed by atoms with Crippen molar-refractivity contribution in [3.63, 3.8) is 0 Å². The van der Waals surface area contributed by atoms with E-state index in [0.29, 0.717) is 18.8 Å². The van der Waals surface area contributed by atoms with Crippen LogP contribution in [0.25, 0.3) is 0 Å². The van der Waals surface area contributed by atoms with Gasteiger partial charge in [-0.25, -0.2) is 8.42 Å². The van der Waals surface area contributed by atoms with E-state index in [1.54, 1.807) is 13.1 Å². The van der Waals surface area contributed by atoms with Crippen LogP contribution < -0.4 is 5.32 Å². The van der Waals surface area contributed by atoms with Gasteiger partial charge in [0.15, 0.2) is 0 Å². The number of amides is 1. The number of aromatic nitrogens is 2. The molecule has 2 heterocycles. The molecular formula is C18H24N4O3S. The summed E-state index contributed by atoms with van der Waals surface area (Å²) >= 11 is 0. The number of piperidine rings is 1. The highest BCUT2D eigenvalue weighted by atomic mass is 32.2. The molecule has 0 bridgehead atoms. The van der Waals surface area contributed by atoms with Crippen molar-refractivity contribution in [3.8, 4) is 0 Å². The predicted octanol–water partition coefficient (Wildman–Crippen LogP) is 2.46. The van der Waals surface area contributed by atoms with Gasteiger partial charge in [-0.05, 0) is 49.9 Å². The van der Waals surface area contributed by atoms with Crippen molar-refractivity contribution in [2.75, 3.05) is 18.4 Å². The van der Waals surface area contributed by atoms with Gasteiger partial charge in [-0.3, -0.25) is 9.48 Å². The number of anilines is 1. The molecule has 7 nitrogen and oxygen atoms in total. The monoisotopic (exact) mass is 376 g/mol. The van der Waals surface area contributed by atoms with Crippen molar-refractivity contribution in [2.24, 2.45) is 7.05 Å². The molecule has 8 heteroatoms. The Morgan fingerprint density at radius 1 is 1.12 bits per heavy atom. The zero-order chi connectivity index (χ0) is 18.9. The molecule has 1 fully saturated rings. The summed E-state index contributed by atoms with van der Waals surface area (Å²) in [5.41, 5.74) is 2.87. The van der Waals surface area contributed by atoms with Gasteiger partial charge in [0.25, 0.3) is 15.9 Å². The third-order valence-electron chi connectivity index (χ3n) is 4.70. The van der Waals surface area contributed by atoms with Crippen molar-refractivity contribution in [2.45, 2.75) is 38.1 Å². The van der Waals surface area contributed by atoms with Crippen molar-refractivity contribution in [1.82, 2.24) is 14.1 Å². The Labute approximate surface area is 154 Å². The maximum atomic E-state index is 12.9. The summed E-state index contributed by atoms with van der Waals surface area (Å²) < 4.78 is 28.7. The Morgan fingerprint density at radius 3 is 2.46 bits per heavy atom. The van der Waals surface area contributed by atoms with Gasteiger partial charge in [0.05, 0.1) is 5.56 Å². The summed E-state index contributed by atoms with van der Waals surface area (Å²) in [5.74, 6) is -0.475. The first-order valence-electron chi connectivity index (χ1n) is 8.71.